The van der Waals surface area contributed by atoms with E-state index in [9.17, 15) is 9.50 Å². The first-order valence-electron chi connectivity index (χ1n) is 4.86. The second-order valence-electron chi connectivity index (χ2n) is 3.28. The fourth-order valence-electron chi connectivity index (χ4n) is 1.23. The van der Waals surface area contributed by atoms with Gasteiger partial charge >= 0.3 is 0 Å². The third-order valence-electron chi connectivity index (χ3n) is 2.01. The second kappa shape index (κ2) is 5.51. The Kier molecular flexibility index (Phi) is 4.31. The normalized spacial score (nSPS) is 12.2. The topological polar surface area (TPSA) is 29.5 Å². The van der Waals surface area contributed by atoms with E-state index in [1.54, 1.807) is 13.0 Å². The zero-order valence-corrected chi connectivity index (χ0v) is 8.74. The lowest BCUT2D eigenvalue weighted by molar-refractivity contribution is 0.191. The summed E-state index contributed by atoms with van der Waals surface area (Å²) in [5.74, 6) is 0.0276. The number of benzene rings is 1. The smallest absolute Gasteiger partial charge is 0.128 e. The molecule has 1 aromatic rings. The van der Waals surface area contributed by atoms with Crippen LogP contribution in [-0.2, 0) is 0 Å². The predicted octanol–water partition coefficient (Wildman–Crippen LogP) is 2.83. The first-order chi connectivity index (χ1) is 7.15. The molecule has 0 saturated heterocycles. The molecule has 2 nitrogen and oxygen atoms in total. The lowest BCUT2D eigenvalue weighted by atomic mass is 10.1. The van der Waals surface area contributed by atoms with Crippen LogP contribution in [0.5, 0.6) is 5.75 Å². The van der Waals surface area contributed by atoms with Crippen LogP contribution in [-0.4, -0.2) is 11.7 Å². The monoisotopic (exact) mass is 210 g/mol. The van der Waals surface area contributed by atoms with Crippen molar-refractivity contribution in [1.29, 1.82) is 0 Å². The SMILES string of the molecule is C=CCCOc1cc(F)ccc1C(C)O. The molecule has 0 amide bonds. The van der Waals surface area contributed by atoms with Gasteiger partial charge in [-0.15, -0.1) is 6.58 Å². The molecule has 0 aliphatic rings. The van der Waals surface area contributed by atoms with Crippen LogP contribution in [0.1, 0.15) is 25.0 Å². The first-order valence-corrected chi connectivity index (χ1v) is 4.86. The van der Waals surface area contributed by atoms with E-state index >= 15 is 0 Å². The van der Waals surface area contributed by atoms with Gasteiger partial charge in [-0.05, 0) is 25.5 Å². The highest BCUT2D eigenvalue weighted by molar-refractivity contribution is 5.35. The van der Waals surface area contributed by atoms with Gasteiger partial charge in [0.05, 0.1) is 12.7 Å². The van der Waals surface area contributed by atoms with Gasteiger partial charge in [0.2, 0.25) is 0 Å². The molecular formula is C12H15FO2. The lowest BCUT2D eigenvalue weighted by Gasteiger charge is -2.12. The standard InChI is InChI=1S/C12H15FO2/c1-3-4-7-15-12-8-10(13)5-6-11(12)9(2)14/h3,5-6,8-9,14H,1,4,7H2,2H3. The predicted molar refractivity (Wildman–Crippen MR) is 57.3 cm³/mol. The Morgan fingerprint density at radius 3 is 2.93 bits per heavy atom. The van der Waals surface area contributed by atoms with Crippen LogP contribution in [0.15, 0.2) is 30.9 Å². The Balaban J connectivity index is 2.82. The van der Waals surface area contributed by atoms with E-state index in [4.69, 9.17) is 4.74 Å². The Morgan fingerprint density at radius 1 is 1.60 bits per heavy atom. The summed E-state index contributed by atoms with van der Waals surface area (Å²) in [6, 6.07) is 4.12. The maximum Gasteiger partial charge on any atom is 0.128 e. The van der Waals surface area contributed by atoms with Gasteiger partial charge in [-0.3, -0.25) is 0 Å². The number of aliphatic hydroxyl groups excluding tert-OH is 1. The van der Waals surface area contributed by atoms with Crippen LogP contribution in [0.25, 0.3) is 0 Å². The van der Waals surface area contributed by atoms with Gasteiger partial charge in [-0.2, -0.15) is 0 Å². The quantitative estimate of drug-likeness (QED) is 0.598. The molecule has 0 bridgehead atoms. The van der Waals surface area contributed by atoms with Gasteiger partial charge in [-0.25, -0.2) is 4.39 Å². The van der Waals surface area contributed by atoms with E-state index in [0.29, 0.717) is 24.3 Å². The maximum absolute atomic E-state index is 12.9. The molecule has 1 atom stereocenters. The van der Waals surface area contributed by atoms with Gasteiger partial charge < -0.3 is 9.84 Å². The van der Waals surface area contributed by atoms with Crippen LogP contribution in [0.4, 0.5) is 4.39 Å². The van der Waals surface area contributed by atoms with Crippen molar-refractivity contribution in [2.24, 2.45) is 0 Å². The van der Waals surface area contributed by atoms with Crippen molar-refractivity contribution < 1.29 is 14.2 Å². The van der Waals surface area contributed by atoms with E-state index in [0.717, 1.165) is 0 Å². The molecule has 0 aliphatic heterocycles. The molecule has 1 aromatic carbocycles. The summed E-state index contributed by atoms with van der Waals surface area (Å²) < 4.78 is 18.3. The van der Waals surface area contributed by atoms with Crippen LogP contribution < -0.4 is 4.74 Å². The van der Waals surface area contributed by atoms with Crippen LogP contribution in [0.2, 0.25) is 0 Å². The molecule has 15 heavy (non-hydrogen) atoms. The Bertz CT molecular complexity index is 334. The van der Waals surface area contributed by atoms with Crippen LogP contribution >= 0.6 is 0 Å². The van der Waals surface area contributed by atoms with Crippen LogP contribution in [0, 0.1) is 5.82 Å². The van der Waals surface area contributed by atoms with E-state index in [2.05, 4.69) is 6.58 Å². The van der Waals surface area contributed by atoms with Crippen molar-refractivity contribution in [3.63, 3.8) is 0 Å². The molecular weight excluding hydrogens is 195 g/mol. The molecule has 1 rings (SSSR count). The van der Waals surface area contributed by atoms with Crippen molar-refractivity contribution in [3.05, 3.63) is 42.2 Å². The van der Waals surface area contributed by atoms with Crippen molar-refractivity contribution in [3.8, 4) is 5.75 Å². The van der Waals surface area contributed by atoms with E-state index in [-0.39, 0.29) is 5.82 Å². The molecule has 0 aliphatic carbocycles. The van der Waals surface area contributed by atoms with Crippen molar-refractivity contribution in [1.82, 2.24) is 0 Å². The summed E-state index contributed by atoms with van der Waals surface area (Å²) in [5, 5.41) is 9.43. The second-order valence-corrected chi connectivity index (χ2v) is 3.28. The number of hydrogen-bond donors (Lipinski definition) is 1. The number of hydrogen-bond acceptors (Lipinski definition) is 2. The van der Waals surface area contributed by atoms with Crippen molar-refractivity contribution >= 4 is 0 Å². The zero-order chi connectivity index (χ0) is 11.3. The molecule has 1 N–H and O–H groups in total. The Labute approximate surface area is 89.0 Å². The maximum atomic E-state index is 12.9. The fraction of sp³-hybridized carbons (Fsp3) is 0.333. The highest BCUT2D eigenvalue weighted by Gasteiger charge is 2.09. The largest absolute Gasteiger partial charge is 0.493 e. The molecule has 0 heterocycles. The molecule has 0 spiro atoms. The Morgan fingerprint density at radius 2 is 2.33 bits per heavy atom. The molecule has 82 valence electrons. The number of halogens is 1. The molecule has 0 saturated carbocycles. The fourth-order valence-corrected chi connectivity index (χ4v) is 1.23. The summed E-state index contributed by atoms with van der Waals surface area (Å²) in [4.78, 5) is 0. The highest BCUT2D eigenvalue weighted by atomic mass is 19.1. The number of rotatable bonds is 5. The van der Waals surface area contributed by atoms with E-state index in [1.165, 1.54) is 18.2 Å². The first kappa shape index (κ1) is 11.7. The molecule has 0 radical (unpaired) electrons. The summed E-state index contributed by atoms with van der Waals surface area (Å²) in [5.41, 5.74) is 0.598. The molecule has 3 heteroatoms. The van der Waals surface area contributed by atoms with Crippen LogP contribution in [0.3, 0.4) is 0 Å². The summed E-state index contributed by atoms with van der Waals surface area (Å²) in [6.07, 6.45) is 1.75. The lowest BCUT2D eigenvalue weighted by Crippen LogP contribution is -2.02. The van der Waals surface area contributed by atoms with Gasteiger partial charge in [-0.1, -0.05) is 6.08 Å². The highest BCUT2D eigenvalue weighted by Crippen LogP contribution is 2.26. The summed E-state index contributed by atoms with van der Waals surface area (Å²) in [7, 11) is 0. The van der Waals surface area contributed by atoms with Gasteiger partial charge in [0.1, 0.15) is 11.6 Å². The van der Waals surface area contributed by atoms with E-state index < -0.39 is 6.10 Å². The number of aliphatic hydroxyl groups is 1. The molecule has 1 unspecified atom stereocenters. The summed E-state index contributed by atoms with van der Waals surface area (Å²) >= 11 is 0. The van der Waals surface area contributed by atoms with Gasteiger partial charge in [0.25, 0.3) is 0 Å². The van der Waals surface area contributed by atoms with Gasteiger partial charge in [0, 0.05) is 11.6 Å². The van der Waals surface area contributed by atoms with E-state index in [1.807, 2.05) is 0 Å². The van der Waals surface area contributed by atoms with Gasteiger partial charge in [0.15, 0.2) is 0 Å². The molecule has 0 aromatic heterocycles. The molecule has 0 fully saturated rings. The minimum atomic E-state index is -0.663. The third kappa shape index (κ3) is 3.36. The Hall–Kier alpha value is -1.35. The average Bonchev–Trinajstić information content (AvgIpc) is 2.18. The average molecular weight is 210 g/mol. The number of ether oxygens (including phenoxy) is 1. The summed E-state index contributed by atoms with van der Waals surface area (Å²) in [6.45, 7) is 5.62. The van der Waals surface area contributed by atoms with Crippen molar-refractivity contribution in [2.45, 2.75) is 19.4 Å². The zero-order valence-electron chi connectivity index (χ0n) is 8.74. The van der Waals surface area contributed by atoms with Crippen molar-refractivity contribution in [2.75, 3.05) is 6.61 Å². The minimum absolute atomic E-state index is 0.368. The minimum Gasteiger partial charge on any atom is -0.493 e. The third-order valence-corrected chi connectivity index (χ3v) is 2.01.